The molecule has 0 radical (unpaired) electrons. The van der Waals surface area contributed by atoms with Gasteiger partial charge in [-0.2, -0.15) is 0 Å². The first-order chi connectivity index (χ1) is 11.0. The van der Waals surface area contributed by atoms with Gasteiger partial charge in [-0.15, -0.1) is 0 Å². The molecule has 1 unspecified atom stereocenters. The summed E-state index contributed by atoms with van der Waals surface area (Å²) in [6, 6.07) is 0. The highest BCUT2D eigenvalue weighted by atomic mass is 16.5. The van der Waals surface area contributed by atoms with Crippen molar-refractivity contribution in [3.63, 3.8) is 0 Å². The number of aliphatic carboxylic acids is 1. The molecule has 1 amide bonds. The molecule has 1 saturated heterocycles. The van der Waals surface area contributed by atoms with Crippen molar-refractivity contribution in [3.8, 4) is 0 Å². The second kappa shape index (κ2) is 7.36. The first-order valence-electron chi connectivity index (χ1n) is 7.51. The molecule has 23 heavy (non-hydrogen) atoms. The van der Waals surface area contributed by atoms with Crippen LogP contribution >= 0.6 is 0 Å². The zero-order valence-electron chi connectivity index (χ0n) is 13.4. The molecule has 1 aliphatic rings. The number of carboxylic acids is 1. The fourth-order valence-corrected chi connectivity index (χ4v) is 2.64. The Kier molecular flexibility index (Phi) is 5.49. The molecule has 1 fully saturated rings. The van der Waals surface area contributed by atoms with Gasteiger partial charge in [-0.1, -0.05) is 0 Å². The molecule has 2 N–H and O–H groups in total. The maximum absolute atomic E-state index is 12.4. The third-order valence-electron chi connectivity index (χ3n) is 4.04. The van der Waals surface area contributed by atoms with Crippen LogP contribution in [0.3, 0.4) is 0 Å². The number of nitrogens with one attached hydrogen (secondary N) is 1. The summed E-state index contributed by atoms with van der Waals surface area (Å²) < 4.78 is 4.91. The minimum atomic E-state index is -1.41. The second-order valence-corrected chi connectivity index (χ2v) is 5.88. The lowest BCUT2D eigenvalue weighted by Crippen LogP contribution is -2.57. The van der Waals surface area contributed by atoms with Gasteiger partial charge in [-0.05, 0) is 19.8 Å². The lowest BCUT2D eigenvalue weighted by molar-refractivity contribution is -0.150. The minimum absolute atomic E-state index is 0.0769. The average molecular weight is 322 g/mol. The number of nitrogens with zero attached hydrogens (tertiary/aromatic N) is 3. The maximum atomic E-state index is 12.4. The van der Waals surface area contributed by atoms with Crippen LogP contribution in [0, 0.1) is 5.92 Å². The Hall–Kier alpha value is -2.22. The van der Waals surface area contributed by atoms with E-state index in [2.05, 4.69) is 20.2 Å². The van der Waals surface area contributed by atoms with Gasteiger partial charge in [0.25, 0.3) is 0 Å². The van der Waals surface area contributed by atoms with E-state index in [1.165, 1.54) is 14.0 Å². The van der Waals surface area contributed by atoms with Crippen molar-refractivity contribution in [2.24, 2.45) is 5.92 Å². The van der Waals surface area contributed by atoms with E-state index in [-0.39, 0.29) is 18.4 Å². The average Bonchev–Trinajstić information content (AvgIpc) is 2.56. The van der Waals surface area contributed by atoms with Gasteiger partial charge >= 0.3 is 5.97 Å². The molecule has 126 valence electrons. The fraction of sp³-hybridized carbons (Fsp3) is 0.600. The molecule has 0 bridgehead atoms. The van der Waals surface area contributed by atoms with Gasteiger partial charge in [0, 0.05) is 38.5 Å². The van der Waals surface area contributed by atoms with Crippen molar-refractivity contribution in [1.29, 1.82) is 0 Å². The molecule has 8 nitrogen and oxygen atoms in total. The van der Waals surface area contributed by atoms with Gasteiger partial charge in [-0.25, -0.2) is 9.78 Å². The van der Waals surface area contributed by atoms with E-state index >= 15 is 0 Å². The summed E-state index contributed by atoms with van der Waals surface area (Å²) in [5.74, 6) is -0.769. The predicted molar refractivity (Wildman–Crippen MR) is 83.0 cm³/mol. The molecule has 0 spiro atoms. The van der Waals surface area contributed by atoms with Gasteiger partial charge in [0.05, 0.1) is 12.8 Å². The van der Waals surface area contributed by atoms with E-state index in [1.54, 1.807) is 18.6 Å². The Morgan fingerprint density at radius 2 is 2.13 bits per heavy atom. The molecule has 2 heterocycles. The standard InChI is InChI=1S/C15H22N4O4/c1-15(10-23-2,14(21)22)18-13(20)11-3-7-19(8-4-11)12-9-16-5-6-17-12/h5-6,9,11H,3-4,7-8,10H2,1-2H3,(H,18,20)(H,21,22). The van der Waals surface area contributed by atoms with Crippen LogP contribution in [0.4, 0.5) is 5.82 Å². The quantitative estimate of drug-likeness (QED) is 0.776. The van der Waals surface area contributed by atoms with Crippen molar-refractivity contribution < 1.29 is 19.4 Å². The largest absolute Gasteiger partial charge is 0.479 e. The van der Waals surface area contributed by atoms with E-state index < -0.39 is 11.5 Å². The maximum Gasteiger partial charge on any atom is 0.331 e. The summed E-state index contributed by atoms with van der Waals surface area (Å²) in [6.07, 6.45) is 6.24. The van der Waals surface area contributed by atoms with Gasteiger partial charge in [0.2, 0.25) is 5.91 Å². The summed E-state index contributed by atoms with van der Waals surface area (Å²) in [6.45, 7) is 2.74. The number of carbonyl (C=O) groups is 2. The third-order valence-corrected chi connectivity index (χ3v) is 4.04. The highest BCUT2D eigenvalue weighted by molar-refractivity contribution is 5.88. The normalized spacial score (nSPS) is 18.3. The Labute approximate surface area is 134 Å². The number of rotatable bonds is 6. The Morgan fingerprint density at radius 1 is 1.43 bits per heavy atom. The number of ether oxygens (including phenoxy) is 1. The number of hydrogen-bond acceptors (Lipinski definition) is 6. The topological polar surface area (TPSA) is 105 Å². The molecule has 1 aromatic rings. The van der Waals surface area contributed by atoms with Crippen LogP contribution in [-0.2, 0) is 14.3 Å². The highest BCUT2D eigenvalue weighted by Crippen LogP contribution is 2.22. The van der Waals surface area contributed by atoms with Crippen LogP contribution in [-0.4, -0.2) is 59.3 Å². The van der Waals surface area contributed by atoms with Crippen LogP contribution in [0.15, 0.2) is 18.6 Å². The first kappa shape index (κ1) is 17.1. The third kappa shape index (κ3) is 4.16. The summed E-state index contributed by atoms with van der Waals surface area (Å²) in [5.41, 5.74) is -1.41. The molecular formula is C15H22N4O4. The molecule has 0 aliphatic carbocycles. The number of amides is 1. The number of carboxylic acid groups (broad SMARTS) is 1. The molecule has 1 aliphatic heterocycles. The van der Waals surface area contributed by atoms with Crippen LogP contribution in [0.5, 0.6) is 0 Å². The first-order valence-corrected chi connectivity index (χ1v) is 7.51. The molecule has 1 aromatic heterocycles. The number of methoxy groups -OCH3 is 1. The highest BCUT2D eigenvalue weighted by Gasteiger charge is 2.37. The van der Waals surface area contributed by atoms with Crippen LogP contribution in [0.1, 0.15) is 19.8 Å². The lowest BCUT2D eigenvalue weighted by Gasteiger charge is -2.34. The van der Waals surface area contributed by atoms with Crippen LogP contribution < -0.4 is 10.2 Å². The monoisotopic (exact) mass is 322 g/mol. The molecule has 2 rings (SSSR count). The van der Waals surface area contributed by atoms with Crippen molar-refractivity contribution in [1.82, 2.24) is 15.3 Å². The van der Waals surface area contributed by atoms with E-state index in [1.807, 2.05) is 0 Å². The number of aromatic nitrogens is 2. The zero-order valence-corrected chi connectivity index (χ0v) is 13.4. The Balaban J connectivity index is 1.92. The molecular weight excluding hydrogens is 300 g/mol. The summed E-state index contributed by atoms with van der Waals surface area (Å²) in [5, 5.41) is 11.9. The van der Waals surface area contributed by atoms with Gasteiger partial charge < -0.3 is 20.1 Å². The van der Waals surface area contributed by atoms with E-state index in [0.717, 1.165) is 5.82 Å². The van der Waals surface area contributed by atoms with E-state index in [0.29, 0.717) is 25.9 Å². The molecule has 0 aromatic carbocycles. The Morgan fingerprint density at radius 3 is 2.65 bits per heavy atom. The summed E-state index contributed by atoms with van der Waals surface area (Å²) in [4.78, 5) is 34.1. The predicted octanol–water partition coefficient (Wildman–Crippen LogP) is 0.299. The van der Waals surface area contributed by atoms with Gasteiger partial charge in [0.1, 0.15) is 5.82 Å². The van der Waals surface area contributed by atoms with Crippen LogP contribution in [0.2, 0.25) is 0 Å². The number of hydrogen-bond donors (Lipinski definition) is 2. The summed E-state index contributed by atoms with van der Waals surface area (Å²) >= 11 is 0. The molecule has 1 atom stereocenters. The van der Waals surface area contributed by atoms with E-state index in [4.69, 9.17) is 4.74 Å². The minimum Gasteiger partial charge on any atom is -0.479 e. The molecule has 0 saturated carbocycles. The van der Waals surface area contributed by atoms with E-state index in [9.17, 15) is 14.7 Å². The number of anilines is 1. The smallest absolute Gasteiger partial charge is 0.331 e. The number of piperidine rings is 1. The SMILES string of the molecule is COCC(C)(NC(=O)C1CCN(c2cnccn2)CC1)C(=O)O. The van der Waals surface area contributed by atoms with Crippen molar-refractivity contribution >= 4 is 17.7 Å². The van der Waals surface area contributed by atoms with Gasteiger partial charge in [-0.3, -0.25) is 9.78 Å². The summed E-state index contributed by atoms with van der Waals surface area (Å²) in [7, 11) is 1.41. The molecule has 8 heteroatoms. The lowest BCUT2D eigenvalue weighted by atomic mass is 9.94. The Bertz CT molecular complexity index is 546. The fourth-order valence-electron chi connectivity index (χ4n) is 2.64. The van der Waals surface area contributed by atoms with Crippen molar-refractivity contribution in [2.45, 2.75) is 25.3 Å². The van der Waals surface area contributed by atoms with Crippen LogP contribution in [0.25, 0.3) is 0 Å². The second-order valence-electron chi connectivity index (χ2n) is 5.88. The van der Waals surface area contributed by atoms with Crippen molar-refractivity contribution in [2.75, 3.05) is 31.7 Å². The van der Waals surface area contributed by atoms with Gasteiger partial charge in [0.15, 0.2) is 5.54 Å². The zero-order chi connectivity index (χ0) is 16.9. The number of carbonyl (C=O) groups excluding carboxylic acids is 1. The van der Waals surface area contributed by atoms with Crippen molar-refractivity contribution in [3.05, 3.63) is 18.6 Å².